The summed E-state index contributed by atoms with van der Waals surface area (Å²) < 4.78 is 0. The number of rotatable bonds is 3. The monoisotopic (exact) mass is 252 g/mol. The van der Waals surface area contributed by atoms with E-state index in [2.05, 4.69) is 25.7 Å². The van der Waals surface area contributed by atoms with Crippen LogP contribution in [0.25, 0.3) is 0 Å². The second kappa shape index (κ2) is 6.38. The summed E-state index contributed by atoms with van der Waals surface area (Å²) in [6.45, 7) is 9.59. The molecule has 0 aromatic heterocycles. The van der Waals surface area contributed by atoms with Gasteiger partial charge in [-0.15, -0.1) is 0 Å². The molecular weight excluding hydrogens is 220 g/mol. The maximum Gasteiger partial charge on any atom is 0.0126 e. The molecule has 1 aliphatic heterocycles. The fourth-order valence-electron chi connectivity index (χ4n) is 4.15. The molecule has 3 atom stereocenters. The van der Waals surface area contributed by atoms with Gasteiger partial charge in [-0.3, -0.25) is 0 Å². The van der Waals surface area contributed by atoms with Gasteiger partial charge in [-0.05, 0) is 63.5 Å². The molecule has 18 heavy (non-hydrogen) atoms. The highest BCUT2D eigenvalue weighted by Crippen LogP contribution is 2.35. The van der Waals surface area contributed by atoms with E-state index in [0.29, 0.717) is 6.04 Å². The highest BCUT2D eigenvalue weighted by Gasteiger charge is 2.34. The Bertz CT molecular complexity index is 241. The highest BCUT2D eigenvalue weighted by atomic mass is 15.2. The molecule has 2 aliphatic rings. The van der Waals surface area contributed by atoms with Crippen LogP contribution in [0.4, 0.5) is 0 Å². The van der Waals surface area contributed by atoms with E-state index in [0.717, 1.165) is 23.8 Å². The first kappa shape index (κ1) is 14.3. The standard InChI is InChI=1S/C16H32N2/c1-12(2)15-6-4-5-7-16(15)18-10-8-14(9-11-18)13(3)17/h12-16H,4-11,17H2,1-3H3. The maximum absolute atomic E-state index is 6.05. The van der Waals surface area contributed by atoms with E-state index in [1.807, 2.05) is 0 Å². The van der Waals surface area contributed by atoms with E-state index in [4.69, 9.17) is 5.73 Å². The van der Waals surface area contributed by atoms with E-state index in [1.54, 1.807) is 0 Å². The molecular formula is C16H32N2. The zero-order chi connectivity index (χ0) is 13.1. The minimum Gasteiger partial charge on any atom is -0.328 e. The minimum absolute atomic E-state index is 0.388. The van der Waals surface area contributed by atoms with Gasteiger partial charge in [0, 0.05) is 12.1 Å². The van der Waals surface area contributed by atoms with Crippen LogP contribution < -0.4 is 5.73 Å². The van der Waals surface area contributed by atoms with Crippen LogP contribution in [-0.4, -0.2) is 30.1 Å². The van der Waals surface area contributed by atoms with Crippen molar-refractivity contribution in [2.45, 2.75) is 71.4 Å². The normalized spacial score (nSPS) is 33.8. The van der Waals surface area contributed by atoms with Crippen molar-refractivity contribution in [3.63, 3.8) is 0 Å². The zero-order valence-electron chi connectivity index (χ0n) is 12.6. The first-order valence-electron chi connectivity index (χ1n) is 8.09. The van der Waals surface area contributed by atoms with Crippen molar-refractivity contribution in [2.24, 2.45) is 23.5 Å². The average molecular weight is 252 g/mol. The van der Waals surface area contributed by atoms with Gasteiger partial charge in [0.25, 0.3) is 0 Å². The molecule has 2 nitrogen and oxygen atoms in total. The van der Waals surface area contributed by atoms with Crippen molar-refractivity contribution in [1.82, 2.24) is 4.90 Å². The molecule has 2 heteroatoms. The van der Waals surface area contributed by atoms with Crippen LogP contribution in [0.15, 0.2) is 0 Å². The number of hydrogen-bond donors (Lipinski definition) is 1. The second-order valence-corrected chi connectivity index (χ2v) is 6.99. The quantitative estimate of drug-likeness (QED) is 0.835. The third-order valence-corrected chi connectivity index (χ3v) is 5.42. The highest BCUT2D eigenvalue weighted by molar-refractivity contribution is 4.88. The summed E-state index contributed by atoms with van der Waals surface area (Å²) in [4.78, 5) is 2.79. The largest absolute Gasteiger partial charge is 0.328 e. The molecule has 1 saturated carbocycles. The maximum atomic E-state index is 6.05. The zero-order valence-corrected chi connectivity index (χ0v) is 12.6. The van der Waals surface area contributed by atoms with Gasteiger partial charge in [0.15, 0.2) is 0 Å². The first-order chi connectivity index (χ1) is 8.59. The molecule has 0 bridgehead atoms. The molecule has 0 aromatic rings. The van der Waals surface area contributed by atoms with Crippen molar-refractivity contribution < 1.29 is 0 Å². The van der Waals surface area contributed by atoms with Gasteiger partial charge in [0.2, 0.25) is 0 Å². The summed E-state index contributed by atoms with van der Waals surface area (Å²) >= 11 is 0. The van der Waals surface area contributed by atoms with Gasteiger partial charge < -0.3 is 10.6 Å². The second-order valence-electron chi connectivity index (χ2n) is 6.99. The number of hydrogen-bond acceptors (Lipinski definition) is 2. The summed E-state index contributed by atoms with van der Waals surface area (Å²) in [6.07, 6.45) is 8.43. The Morgan fingerprint density at radius 2 is 1.56 bits per heavy atom. The summed E-state index contributed by atoms with van der Waals surface area (Å²) in [5.41, 5.74) is 6.05. The van der Waals surface area contributed by atoms with Crippen LogP contribution in [0.5, 0.6) is 0 Å². The van der Waals surface area contributed by atoms with Gasteiger partial charge in [-0.1, -0.05) is 26.7 Å². The molecule has 0 aromatic carbocycles. The van der Waals surface area contributed by atoms with E-state index in [-0.39, 0.29) is 0 Å². The molecule has 2 rings (SSSR count). The lowest BCUT2D eigenvalue weighted by Gasteiger charge is -2.45. The molecule has 1 saturated heterocycles. The van der Waals surface area contributed by atoms with Crippen molar-refractivity contribution >= 4 is 0 Å². The lowest BCUT2D eigenvalue weighted by molar-refractivity contribution is 0.0472. The number of nitrogens with two attached hydrogens (primary N) is 1. The summed E-state index contributed by atoms with van der Waals surface area (Å²) in [6, 6.07) is 1.26. The van der Waals surface area contributed by atoms with Crippen molar-refractivity contribution in [2.75, 3.05) is 13.1 Å². The van der Waals surface area contributed by atoms with Gasteiger partial charge in [-0.25, -0.2) is 0 Å². The molecule has 0 amide bonds. The lowest BCUT2D eigenvalue weighted by atomic mass is 9.76. The SMILES string of the molecule is CC(C)C1CCCCC1N1CCC(C(C)N)CC1. The lowest BCUT2D eigenvalue weighted by Crippen LogP contribution is -2.49. The smallest absolute Gasteiger partial charge is 0.0126 e. The number of nitrogens with zero attached hydrogens (tertiary/aromatic N) is 1. The molecule has 3 unspecified atom stereocenters. The van der Waals surface area contributed by atoms with E-state index >= 15 is 0 Å². The first-order valence-corrected chi connectivity index (χ1v) is 8.09. The third kappa shape index (κ3) is 3.27. The topological polar surface area (TPSA) is 29.3 Å². The Balaban J connectivity index is 1.91. The Hall–Kier alpha value is -0.0800. The molecule has 1 heterocycles. The summed E-state index contributed by atoms with van der Waals surface area (Å²) in [7, 11) is 0. The number of likely N-dealkylation sites (tertiary alicyclic amines) is 1. The van der Waals surface area contributed by atoms with Crippen molar-refractivity contribution in [3.8, 4) is 0 Å². The van der Waals surface area contributed by atoms with Gasteiger partial charge in [0.05, 0.1) is 0 Å². The van der Waals surface area contributed by atoms with Crippen LogP contribution in [0.1, 0.15) is 59.3 Å². The average Bonchev–Trinajstić information content (AvgIpc) is 2.39. The van der Waals surface area contributed by atoms with Crippen LogP contribution in [-0.2, 0) is 0 Å². The van der Waals surface area contributed by atoms with Crippen LogP contribution >= 0.6 is 0 Å². The summed E-state index contributed by atoms with van der Waals surface area (Å²) in [5.74, 6) is 2.55. The van der Waals surface area contributed by atoms with Crippen LogP contribution in [0, 0.1) is 17.8 Å². The van der Waals surface area contributed by atoms with Gasteiger partial charge in [-0.2, -0.15) is 0 Å². The Morgan fingerprint density at radius 3 is 2.11 bits per heavy atom. The van der Waals surface area contributed by atoms with E-state index < -0.39 is 0 Å². The van der Waals surface area contributed by atoms with Gasteiger partial charge in [0.1, 0.15) is 0 Å². The molecule has 2 fully saturated rings. The van der Waals surface area contributed by atoms with Gasteiger partial charge >= 0.3 is 0 Å². The predicted octanol–water partition coefficient (Wildman–Crippen LogP) is 3.26. The predicted molar refractivity (Wildman–Crippen MR) is 78.5 cm³/mol. The number of piperidine rings is 1. The van der Waals surface area contributed by atoms with E-state index in [1.165, 1.54) is 51.6 Å². The Morgan fingerprint density at radius 1 is 0.944 bits per heavy atom. The molecule has 0 spiro atoms. The van der Waals surface area contributed by atoms with Crippen LogP contribution in [0.2, 0.25) is 0 Å². The summed E-state index contributed by atoms with van der Waals surface area (Å²) in [5, 5.41) is 0. The third-order valence-electron chi connectivity index (χ3n) is 5.42. The fraction of sp³-hybridized carbons (Fsp3) is 1.00. The minimum atomic E-state index is 0.388. The van der Waals surface area contributed by atoms with Crippen molar-refractivity contribution in [3.05, 3.63) is 0 Å². The molecule has 106 valence electrons. The molecule has 2 N–H and O–H groups in total. The van der Waals surface area contributed by atoms with Crippen LogP contribution in [0.3, 0.4) is 0 Å². The Kier molecular flexibility index (Phi) is 5.08. The molecule has 1 aliphatic carbocycles. The van der Waals surface area contributed by atoms with E-state index in [9.17, 15) is 0 Å². The molecule has 0 radical (unpaired) electrons. The Labute approximate surface area is 113 Å². The fourth-order valence-corrected chi connectivity index (χ4v) is 4.15. The van der Waals surface area contributed by atoms with Crippen molar-refractivity contribution in [1.29, 1.82) is 0 Å².